The molecule has 10 heteroatoms. The average Bonchev–Trinajstić information content (AvgIpc) is 3.36. The van der Waals surface area contributed by atoms with Gasteiger partial charge in [-0.1, -0.05) is 34.5 Å². The lowest BCUT2D eigenvalue weighted by molar-refractivity contribution is 0.103. The number of thiazole rings is 1. The number of carbonyl (C=O) groups is 1. The summed E-state index contributed by atoms with van der Waals surface area (Å²) in [5.41, 5.74) is 2.59. The largest absolute Gasteiger partial charge is 0.356 e. The molecule has 1 amide bonds. The van der Waals surface area contributed by atoms with E-state index in [2.05, 4.69) is 30.5 Å². The van der Waals surface area contributed by atoms with Gasteiger partial charge in [-0.2, -0.15) is 0 Å². The van der Waals surface area contributed by atoms with Crippen LogP contribution < -0.4 is 21.0 Å². The monoisotopic (exact) mass is 440 g/mol. The number of rotatable bonds is 5. The highest BCUT2D eigenvalue weighted by atomic mass is 35.5. The maximum atomic E-state index is 12.7. The molecule has 3 aromatic rings. The van der Waals surface area contributed by atoms with Crippen molar-refractivity contribution in [3.05, 3.63) is 45.7 Å². The lowest BCUT2D eigenvalue weighted by Gasteiger charge is -2.17. The number of benzene rings is 1. The zero-order valence-corrected chi connectivity index (χ0v) is 18.7. The molecule has 0 unspecified atom stereocenters. The van der Waals surface area contributed by atoms with E-state index in [1.54, 1.807) is 6.20 Å². The van der Waals surface area contributed by atoms with Crippen molar-refractivity contribution in [3.63, 3.8) is 0 Å². The summed E-state index contributed by atoms with van der Waals surface area (Å²) < 4.78 is 0. The molecule has 2 N–H and O–H groups in total. The first-order valence-electron chi connectivity index (χ1n) is 9.80. The van der Waals surface area contributed by atoms with E-state index in [9.17, 15) is 4.79 Å². The van der Waals surface area contributed by atoms with Crippen LogP contribution in [0.1, 0.15) is 33.9 Å². The van der Waals surface area contributed by atoms with Crippen LogP contribution in [0, 0.1) is 13.8 Å². The fourth-order valence-corrected chi connectivity index (χ4v) is 4.61. The number of anilines is 4. The van der Waals surface area contributed by atoms with E-state index < -0.39 is 0 Å². The summed E-state index contributed by atoms with van der Waals surface area (Å²) in [6.45, 7) is 5.82. The lowest BCUT2D eigenvalue weighted by atomic mass is 9.94. The molecular weight excluding hydrogens is 419 g/mol. The van der Waals surface area contributed by atoms with E-state index in [1.807, 2.05) is 39.9 Å². The third-order valence-electron chi connectivity index (χ3n) is 4.89. The number of nitrogens with zero attached hydrogens (tertiary/aromatic N) is 4. The Balaban J connectivity index is 1.49. The summed E-state index contributed by atoms with van der Waals surface area (Å²) in [6, 6.07) is 5.74. The van der Waals surface area contributed by atoms with Gasteiger partial charge in [-0.05, 0) is 38.3 Å². The lowest BCUT2D eigenvalue weighted by Crippen LogP contribution is -2.19. The van der Waals surface area contributed by atoms with Crippen LogP contribution in [0.2, 0.25) is 5.02 Å². The SMILES string of the molecule is Bc1cc(C)c(NC(=O)c2cnc(Nc3cc(N4CCCC4)nc(C)n3)s2)c(Cl)c1. The van der Waals surface area contributed by atoms with Gasteiger partial charge < -0.3 is 15.5 Å². The van der Waals surface area contributed by atoms with Gasteiger partial charge >= 0.3 is 0 Å². The number of aromatic nitrogens is 3. The quantitative estimate of drug-likeness (QED) is 0.593. The second kappa shape index (κ2) is 8.61. The minimum Gasteiger partial charge on any atom is -0.356 e. The highest BCUT2D eigenvalue weighted by molar-refractivity contribution is 7.17. The number of nitrogens with one attached hydrogen (secondary N) is 2. The predicted molar refractivity (Wildman–Crippen MR) is 126 cm³/mol. The number of amides is 1. The predicted octanol–water partition coefficient (Wildman–Crippen LogP) is 3.06. The maximum absolute atomic E-state index is 12.7. The Bertz CT molecular complexity index is 1080. The summed E-state index contributed by atoms with van der Waals surface area (Å²) in [5.74, 6) is 2.04. The molecule has 0 saturated carbocycles. The standard InChI is InChI=1S/C20H22BClN6OS/c1-11-7-13(21)8-14(22)18(11)27-19(29)15-10-23-20(30-15)26-16-9-17(25-12(2)24-16)28-5-3-4-6-28/h7-10H,3-6,21H2,1-2H3,(H,27,29)(H,23,24,25,26). The van der Waals surface area contributed by atoms with Crippen LogP contribution in [0.15, 0.2) is 24.4 Å². The van der Waals surface area contributed by atoms with Crippen molar-refractivity contribution < 1.29 is 4.79 Å². The molecule has 1 aliphatic heterocycles. The molecule has 2 aromatic heterocycles. The molecule has 154 valence electrons. The molecule has 7 nitrogen and oxygen atoms in total. The maximum Gasteiger partial charge on any atom is 0.267 e. The number of aryl methyl sites for hydroxylation is 2. The van der Waals surface area contributed by atoms with E-state index >= 15 is 0 Å². The molecular formula is C20H22BClN6OS. The third kappa shape index (κ3) is 4.57. The Morgan fingerprint density at radius 2 is 1.97 bits per heavy atom. The van der Waals surface area contributed by atoms with Crippen LogP contribution in [0.25, 0.3) is 0 Å². The topological polar surface area (TPSA) is 83.0 Å². The Morgan fingerprint density at radius 3 is 2.70 bits per heavy atom. The molecule has 0 aliphatic carbocycles. The van der Waals surface area contributed by atoms with Crippen LogP contribution in [0.3, 0.4) is 0 Å². The molecule has 1 saturated heterocycles. The molecule has 0 bridgehead atoms. The van der Waals surface area contributed by atoms with Gasteiger partial charge in [0.1, 0.15) is 30.2 Å². The molecule has 3 heterocycles. The van der Waals surface area contributed by atoms with Crippen molar-refractivity contribution in [2.24, 2.45) is 0 Å². The molecule has 30 heavy (non-hydrogen) atoms. The van der Waals surface area contributed by atoms with Gasteiger partial charge in [0.2, 0.25) is 0 Å². The summed E-state index contributed by atoms with van der Waals surface area (Å²) in [6.07, 6.45) is 3.91. The van der Waals surface area contributed by atoms with Crippen LogP contribution in [-0.2, 0) is 0 Å². The average molecular weight is 441 g/mol. The van der Waals surface area contributed by atoms with Crippen molar-refractivity contribution in [2.75, 3.05) is 28.6 Å². The first kappa shape index (κ1) is 20.6. The highest BCUT2D eigenvalue weighted by Gasteiger charge is 2.17. The Labute approximate surface area is 185 Å². The normalized spacial score (nSPS) is 13.5. The first-order chi connectivity index (χ1) is 14.4. The molecule has 1 aromatic carbocycles. The number of hydrogen-bond acceptors (Lipinski definition) is 7. The minimum atomic E-state index is -0.244. The molecule has 1 aliphatic rings. The Hall–Kier alpha value is -2.65. The van der Waals surface area contributed by atoms with E-state index in [1.165, 1.54) is 24.2 Å². The van der Waals surface area contributed by atoms with Crippen molar-refractivity contribution in [1.29, 1.82) is 0 Å². The second-order valence-corrected chi connectivity index (χ2v) is 8.84. The van der Waals surface area contributed by atoms with Gasteiger partial charge in [-0.3, -0.25) is 4.79 Å². The van der Waals surface area contributed by atoms with Crippen molar-refractivity contribution >= 4 is 64.6 Å². The van der Waals surface area contributed by atoms with E-state index in [4.69, 9.17) is 11.6 Å². The van der Waals surface area contributed by atoms with E-state index in [0.29, 0.717) is 32.4 Å². The summed E-state index contributed by atoms with van der Waals surface area (Å²) >= 11 is 7.57. The van der Waals surface area contributed by atoms with Crippen molar-refractivity contribution in [2.45, 2.75) is 26.7 Å². The van der Waals surface area contributed by atoms with Crippen LogP contribution in [0.4, 0.5) is 22.5 Å². The smallest absolute Gasteiger partial charge is 0.267 e. The van der Waals surface area contributed by atoms with Gasteiger partial charge in [0.25, 0.3) is 5.91 Å². The first-order valence-corrected chi connectivity index (χ1v) is 11.0. The summed E-state index contributed by atoms with van der Waals surface area (Å²) in [7, 11) is 1.97. The molecule has 0 radical (unpaired) electrons. The number of halogens is 1. The van der Waals surface area contributed by atoms with E-state index in [0.717, 1.165) is 29.9 Å². The van der Waals surface area contributed by atoms with Gasteiger partial charge in [-0.25, -0.2) is 15.0 Å². The zero-order chi connectivity index (χ0) is 21.3. The van der Waals surface area contributed by atoms with Crippen molar-refractivity contribution in [3.8, 4) is 0 Å². The fraction of sp³-hybridized carbons (Fsp3) is 0.300. The summed E-state index contributed by atoms with van der Waals surface area (Å²) in [4.78, 5) is 28.8. The van der Waals surface area contributed by atoms with Gasteiger partial charge in [0.05, 0.1) is 16.9 Å². The Kier molecular flexibility index (Phi) is 5.92. The van der Waals surface area contributed by atoms with Crippen LogP contribution >= 0.6 is 22.9 Å². The van der Waals surface area contributed by atoms with Gasteiger partial charge in [0, 0.05) is 19.2 Å². The van der Waals surface area contributed by atoms with Gasteiger partial charge in [0.15, 0.2) is 5.13 Å². The summed E-state index contributed by atoms with van der Waals surface area (Å²) in [5, 5.41) is 7.21. The number of hydrogen-bond donors (Lipinski definition) is 2. The van der Waals surface area contributed by atoms with Crippen molar-refractivity contribution in [1.82, 2.24) is 15.0 Å². The van der Waals surface area contributed by atoms with E-state index in [-0.39, 0.29) is 5.91 Å². The fourth-order valence-electron chi connectivity index (χ4n) is 3.52. The Morgan fingerprint density at radius 1 is 1.20 bits per heavy atom. The minimum absolute atomic E-state index is 0.244. The zero-order valence-electron chi connectivity index (χ0n) is 17.1. The molecule has 1 fully saturated rings. The van der Waals surface area contributed by atoms with Crippen LogP contribution in [0.5, 0.6) is 0 Å². The highest BCUT2D eigenvalue weighted by Crippen LogP contribution is 2.28. The second-order valence-electron chi connectivity index (χ2n) is 7.40. The van der Waals surface area contributed by atoms with Crippen LogP contribution in [-0.4, -0.2) is 41.8 Å². The third-order valence-corrected chi connectivity index (χ3v) is 6.10. The molecule has 0 atom stereocenters. The van der Waals surface area contributed by atoms with Gasteiger partial charge in [-0.15, -0.1) is 0 Å². The number of carbonyl (C=O) groups excluding carboxylic acids is 1. The molecule has 0 spiro atoms. The molecule has 4 rings (SSSR count).